The number of hydrogen-bond donors (Lipinski definition) is 0. The van der Waals surface area contributed by atoms with Gasteiger partial charge < -0.3 is 0 Å². The molecule has 0 saturated heterocycles. The van der Waals surface area contributed by atoms with Crippen LogP contribution in [0.5, 0.6) is 0 Å². The molecule has 0 bridgehead atoms. The van der Waals surface area contributed by atoms with Gasteiger partial charge in [-0.05, 0) is 17.7 Å². The fraction of sp³-hybridized carbons (Fsp3) is 0.455. The van der Waals surface area contributed by atoms with E-state index < -0.39 is 15.8 Å². The molecule has 6 heteroatoms. The molecular formula is C11H17BrFNO2S. The molecule has 0 aliphatic carbocycles. The first kappa shape index (κ1) is 16.5. The third-order valence-electron chi connectivity index (χ3n) is 1.93. The van der Waals surface area contributed by atoms with Crippen molar-refractivity contribution in [3.8, 4) is 0 Å². The van der Waals surface area contributed by atoms with Crippen molar-refractivity contribution < 1.29 is 12.8 Å². The van der Waals surface area contributed by atoms with Crippen LogP contribution in [0.2, 0.25) is 0 Å². The van der Waals surface area contributed by atoms with Crippen LogP contribution in [-0.2, 0) is 15.4 Å². The molecule has 0 heterocycles. The lowest BCUT2D eigenvalue weighted by molar-refractivity contribution is 0.518. The molecule has 0 aromatic heterocycles. The molecule has 0 N–H and O–H groups in total. The van der Waals surface area contributed by atoms with Gasteiger partial charge in [0.2, 0.25) is 10.0 Å². The summed E-state index contributed by atoms with van der Waals surface area (Å²) in [6.45, 7) is 4.00. The minimum atomic E-state index is -3.58. The Bertz CT molecular complexity index is 461. The van der Waals surface area contributed by atoms with Crippen LogP contribution in [0.25, 0.3) is 0 Å². The Hall–Kier alpha value is -0.460. The fourth-order valence-electron chi connectivity index (χ4n) is 1.08. The van der Waals surface area contributed by atoms with Gasteiger partial charge in [-0.3, -0.25) is 0 Å². The van der Waals surface area contributed by atoms with Crippen molar-refractivity contribution in [2.45, 2.75) is 24.1 Å². The highest BCUT2D eigenvalue weighted by molar-refractivity contribution is 9.08. The van der Waals surface area contributed by atoms with E-state index in [0.29, 0.717) is 10.9 Å². The second kappa shape index (κ2) is 7.08. The first-order chi connectivity index (χ1) is 7.89. The minimum absolute atomic E-state index is 0.00405. The zero-order chi connectivity index (χ0) is 13.6. The van der Waals surface area contributed by atoms with Gasteiger partial charge >= 0.3 is 0 Å². The Kier molecular flexibility index (Phi) is 6.89. The number of halogens is 2. The van der Waals surface area contributed by atoms with E-state index in [1.807, 2.05) is 13.8 Å². The molecule has 0 spiro atoms. The third kappa shape index (κ3) is 4.04. The van der Waals surface area contributed by atoms with E-state index in [1.165, 1.54) is 26.2 Å². The standard InChI is InChI=1S/C9H11BrFNO2S.C2H6/c1-12(2)15(13,14)9-5-8(11)4-3-7(9)6-10;1-2/h3-5H,6H2,1-2H3;1-2H3. The summed E-state index contributed by atoms with van der Waals surface area (Å²) >= 11 is 3.17. The maximum atomic E-state index is 13.0. The second-order valence-corrected chi connectivity index (χ2v) is 5.85. The molecule has 0 amide bonds. The van der Waals surface area contributed by atoms with E-state index in [1.54, 1.807) is 0 Å². The van der Waals surface area contributed by atoms with Gasteiger partial charge in [-0.1, -0.05) is 35.8 Å². The van der Waals surface area contributed by atoms with Crippen LogP contribution >= 0.6 is 15.9 Å². The summed E-state index contributed by atoms with van der Waals surface area (Å²) in [6, 6.07) is 3.73. The maximum Gasteiger partial charge on any atom is 0.242 e. The molecule has 0 unspecified atom stereocenters. The molecule has 0 aliphatic rings. The molecule has 1 aromatic rings. The van der Waals surface area contributed by atoms with E-state index >= 15 is 0 Å². The predicted molar refractivity (Wildman–Crippen MR) is 71.3 cm³/mol. The zero-order valence-electron chi connectivity index (χ0n) is 10.4. The lowest BCUT2D eigenvalue weighted by Gasteiger charge is -2.14. The Morgan fingerprint density at radius 3 is 2.24 bits per heavy atom. The summed E-state index contributed by atoms with van der Waals surface area (Å²) in [7, 11) is -0.749. The van der Waals surface area contributed by atoms with Crippen LogP contribution in [0, 0.1) is 5.82 Å². The SMILES string of the molecule is CC.CN(C)S(=O)(=O)c1cc(F)ccc1CBr. The Morgan fingerprint density at radius 1 is 1.29 bits per heavy atom. The van der Waals surface area contributed by atoms with Crippen LogP contribution in [0.1, 0.15) is 19.4 Å². The number of alkyl halides is 1. The molecule has 17 heavy (non-hydrogen) atoms. The van der Waals surface area contributed by atoms with Gasteiger partial charge in [0.15, 0.2) is 0 Å². The molecule has 1 aromatic carbocycles. The number of rotatable bonds is 3. The molecule has 0 fully saturated rings. The van der Waals surface area contributed by atoms with Gasteiger partial charge in [-0.2, -0.15) is 0 Å². The van der Waals surface area contributed by atoms with Crippen LogP contribution in [0.15, 0.2) is 23.1 Å². The Balaban J connectivity index is 0.00000121. The first-order valence-electron chi connectivity index (χ1n) is 5.16. The molecule has 0 saturated carbocycles. The summed E-state index contributed by atoms with van der Waals surface area (Å²) in [5, 5.41) is 0.371. The largest absolute Gasteiger partial charge is 0.242 e. The summed E-state index contributed by atoms with van der Waals surface area (Å²) < 4.78 is 37.6. The number of benzene rings is 1. The average Bonchev–Trinajstić information content (AvgIpc) is 2.31. The number of nitrogens with zero attached hydrogens (tertiary/aromatic N) is 1. The topological polar surface area (TPSA) is 37.4 Å². The first-order valence-corrected chi connectivity index (χ1v) is 7.72. The van der Waals surface area contributed by atoms with Crippen molar-refractivity contribution in [1.82, 2.24) is 4.31 Å². The molecular weight excluding hydrogens is 309 g/mol. The normalized spacial score (nSPS) is 11.0. The lowest BCUT2D eigenvalue weighted by Crippen LogP contribution is -2.23. The van der Waals surface area contributed by atoms with Crippen molar-refractivity contribution in [2.75, 3.05) is 14.1 Å². The fourth-order valence-corrected chi connectivity index (χ4v) is 2.88. The zero-order valence-corrected chi connectivity index (χ0v) is 12.8. The van der Waals surface area contributed by atoms with E-state index in [4.69, 9.17) is 0 Å². The van der Waals surface area contributed by atoms with Crippen molar-refractivity contribution in [1.29, 1.82) is 0 Å². The molecule has 98 valence electrons. The van der Waals surface area contributed by atoms with E-state index in [0.717, 1.165) is 10.4 Å². The van der Waals surface area contributed by atoms with Crippen molar-refractivity contribution in [3.63, 3.8) is 0 Å². The minimum Gasteiger partial charge on any atom is -0.207 e. The smallest absolute Gasteiger partial charge is 0.207 e. The highest BCUT2D eigenvalue weighted by Gasteiger charge is 2.21. The van der Waals surface area contributed by atoms with Crippen LogP contribution in [0.3, 0.4) is 0 Å². The average molecular weight is 326 g/mol. The van der Waals surface area contributed by atoms with Crippen LogP contribution in [0.4, 0.5) is 4.39 Å². The second-order valence-electron chi connectivity index (χ2n) is 3.17. The van der Waals surface area contributed by atoms with Gasteiger partial charge in [0.25, 0.3) is 0 Å². The summed E-state index contributed by atoms with van der Waals surface area (Å²) in [6.07, 6.45) is 0. The van der Waals surface area contributed by atoms with Crippen molar-refractivity contribution >= 4 is 26.0 Å². The molecule has 0 aliphatic heterocycles. The lowest BCUT2D eigenvalue weighted by atomic mass is 10.2. The highest BCUT2D eigenvalue weighted by Crippen LogP contribution is 2.21. The van der Waals surface area contributed by atoms with E-state index in [-0.39, 0.29) is 4.90 Å². The van der Waals surface area contributed by atoms with E-state index in [2.05, 4.69) is 15.9 Å². The number of hydrogen-bond acceptors (Lipinski definition) is 2. The maximum absolute atomic E-state index is 13.0. The summed E-state index contributed by atoms with van der Waals surface area (Å²) in [4.78, 5) is 0.00405. The van der Waals surface area contributed by atoms with Gasteiger partial charge in [0, 0.05) is 19.4 Å². The van der Waals surface area contributed by atoms with Crippen molar-refractivity contribution in [2.24, 2.45) is 0 Å². The Morgan fingerprint density at radius 2 is 1.82 bits per heavy atom. The summed E-state index contributed by atoms with van der Waals surface area (Å²) in [5.74, 6) is -0.555. The van der Waals surface area contributed by atoms with Gasteiger partial charge in [0.05, 0.1) is 4.90 Å². The molecule has 3 nitrogen and oxygen atoms in total. The molecule has 0 atom stereocenters. The highest BCUT2D eigenvalue weighted by atomic mass is 79.9. The monoisotopic (exact) mass is 325 g/mol. The van der Waals surface area contributed by atoms with Crippen molar-refractivity contribution in [3.05, 3.63) is 29.6 Å². The molecule has 1 rings (SSSR count). The van der Waals surface area contributed by atoms with Gasteiger partial charge in [0.1, 0.15) is 5.82 Å². The quantitative estimate of drug-likeness (QED) is 0.801. The summed E-state index contributed by atoms with van der Waals surface area (Å²) in [5.41, 5.74) is 0.546. The van der Waals surface area contributed by atoms with Gasteiger partial charge in [-0.15, -0.1) is 0 Å². The van der Waals surface area contributed by atoms with Gasteiger partial charge in [-0.25, -0.2) is 17.1 Å². The molecule has 0 radical (unpaired) electrons. The van der Waals surface area contributed by atoms with Crippen LogP contribution < -0.4 is 0 Å². The van der Waals surface area contributed by atoms with E-state index in [9.17, 15) is 12.8 Å². The number of sulfonamides is 1. The third-order valence-corrected chi connectivity index (χ3v) is 4.43. The predicted octanol–water partition coefficient (Wildman–Crippen LogP) is 3.00. The van der Waals surface area contributed by atoms with Crippen LogP contribution in [-0.4, -0.2) is 26.8 Å². The Labute approximate surface area is 111 Å².